The molecule has 104 valence electrons. The van der Waals surface area contributed by atoms with Crippen LogP contribution in [0, 0.1) is 0 Å². The number of carbonyl (C=O) groups is 1. The highest BCUT2D eigenvalue weighted by atomic mass is 32.2. The Hall–Kier alpha value is -2.21. The van der Waals surface area contributed by atoms with Gasteiger partial charge in [0.15, 0.2) is 9.84 Å². The van der Waals surface area contributed by atoms with Gasteiger partial charge in [0.2, 0.25) is 0 Å². The number of benzene rings is 1. The number of nitrogens with zero attached hydrogens (tertiary/aromatic N) is 1. The molecule has 2 rings (SSSR count). The molecule has 0 aliphatic carbocycles. The first-order valence-electron chi connectivity index (χ1n) is 5.91. The maximum absolute atomic E-state index is 12.2. The Balaban J connectivity index is 2.19. The summed E-state index contributed by atoms with van der Waals surface area (Å²) < 4.78 is 24.4. The number of pyridine rings is 1. The maximum atomic E-state index is 12.2. The lowest BCUT2D eigenvalue weighted by atomic mass is 10.2. The Kier molecular flexibility index (Phi) is 4.14. The molecule has 0 radical (unpaired) electrons. The zero-order chi connectivity index (χ0) is 14.6. The van der Waals surface area contributed by atoms with Crippen LogP contribution >= 0.6 is 0 Å². The zero-order valence-corrected chi connectivity index (χ0v) is 11.4. The van der Waals surface area contributed by atoms with Crippen LogP contribution in [0.3, 0.4) is 0 Å². The number of hydrogen-bond acceptors (Lipinski definition) is 4. The van der Waals surface area contributed by atoms with Crippen LogP contribution in [0.25, 0.3) is 0 Å². The van der Waals surface area contributed by atoms with Gasteiger partial charge in [-0.05, 0) is 29.8 Å². The van der Waals surface area contributed by atoms with Crippen molar-refractivity contribution >= 4 is 15.8 Å². The molecule has 20 heavy (non-hydrogen) atoms. The van der Waals surface area contributed by atoms with Gasteiger partial charge in [-0.15, -0.1) is 0 Å². The number of carboxylic acid groups (broad SMARTS) is 1. The topological polar surface area (TPSA) is 84.3 Å². The Morgan fingerprint density at radius 3 is 2.35 bits per heavy atom. The van der Waals surface area contributed by atoms with Crippen LogP contribution in [-0.2, 0) is 26.8 Å². The van der Waals surface area contributed by atoms with Crippen LogP contribution in [0.4, 0.5) is 0 Å². The molecule has 0 amide bonds. The number of aliphatic carboxylic acids is 1. The third-order valence-corrected chi connectivity index (χ3v) is 4.37. The van der Waals surface area contributed by atoms with Gasteiger partial charge >= 0.3 is 5.97 Å². The van der Waals surface area contributed by atoms with Gasteiger partial charge in [0, 0.05) is 6.20 Å². The van der Waals surface area contributed by atoms with Gasteiger partial charge in [0.05, 0.1) is 22.8 Å². The third-order valence-electron chi connectivity index (χ3n) is 2.70. The Bertz CT molecular complexity index is 694. The molecular formula is C14H13NO4S. The molecule has 0 saturated heterocycles. The van der Waals surface area contributed by atoms with E-state index in [0.29, 0.717) is 11.3 Å². The van der Waals surface area contributed by atoms with Crippen LogP contribution < -0.4 is 0 Å². The third kappa shape index (κ3) is 3.64. The molecule has 2 aromatic rings. The minimum Gasteiger partial charge on any atom is -0.481 e. The minimum absolute atomic E-state index is 0.124. The molecule has 1 heterocycles. The number of sulfone groups is 1. The lowest BCUT2D eigenvalue weighted by Gasteiger charge is -2.05. The highest BCUT2D eigenvalue weighted by molar-refractivity contribution is 7.90. The smallest absolute Gasteiger partial charge is 0.307 e. The summed E-state index contributed by atoms with van der Waals surface area (Å²) >= 11 is 0. The summed E-state index contributed by atoms with van der Waals surface area (Å²) in [6.07, 6.45) is 1.42. The van der Waals surface area contributed by atoms with Crippen molar-refractivity contribution in [2.75, 3.05) is 0 Å². The predicted octanol–water partition coefficient (Wildman–Crippen LogP) is 1.68. The average molecular weight is 291 g/mol. The number of carboxylic acids is 1. The number of hydrogen-bond donors (Lipinski definition) is 1. The van der Waals surface area contributed by atoms with Crippen molar-refractivity contribution in [3.63, 3.8) is 0 Å². The predicted molar refractivity (Wildman–Crippen MR) is 72.9 cm³/mol. The molecule has 1 N–H and O–H groups in total. The molecule has 0 atom stereocenters. The second kappa shape index (κ2) is 5.83. The lowest BCUT2D eigenvalue weighted by molar-refractivity contribution is -0.136. The number of rotatable bonds is 5. The summed E-state index contributed by atoms with van der Waals surface area (Å²) in [5.74, 6) is -1.12. The van der Waals surface area contributed by atoms with Crippen LogP contribution in [0.15, 0.2) is 53.6 Å². The van der Waals surface area contributed by atoms with Crippen LogP contribution in [0.2, 0.25) is 0 Å². The lowest BCUT2D eigenvalue weighted by Crippen LogP contribution is -2.07. The van der Waals surface area contributed by atoms with E-state index >= 15 is 0 Å². The van der Waals surface area contributed by atoms with E-state index in [9.17, 15) is 13.2 Å². The second-order valence-electron chi connectivity index (χ2n) is 4.29. The van der Waals surface area contributed by atoms with E-state index in [1.54, 1.807) is 24.4 Å². The highest BCUT2D eigenvalue weighted by Crippen LogP contribution is 2.16. The number of aromatic nitrogens is 1. The molecular weight excluding hydrogens is 278 g/mol. The van der Waals surface area contributed by atoms with Crippen molar-refractivity contribution in [2.24, 2.45) is 0 Å². The van der Waals surface area contributed by atoms with E-state index in [1.165, 1.54) is 24.3 Å². The van der Waals surface area contributed by atoms with Gasteiger partial charge in [-0.1, -0.05) is 18.2 Å². The molecule has 0 aliphatic heterocycles. The van der Waals surface area contributed by atoms with E-state index in [2.05, 4.69) is 4.98 Å². The van der Waals surface area contributed by atoms with Crippen molar-refractivity contribution in [3.05, 3.63) is 59.9 Å². The summed E-state index contributed by atoms with van der Waals surface area (Å²) in [7, 11) is -3.47. The van der Waals surface area contributed by atoms with Crippen LogP contribution in [0.5, 0.6) is 0 Å². The maximum Gasteiger partial charge on any atom is 0.307 e. The van der Waals surface area contributed by atoms with Crippen LogP contribution in [0.1, 0.15) is 11.3 Å². The fourth-order valence-corrected chi connectivity index (χ4v) is 3.03. The van der Waals surface area contributed by atoms with E-state index < -0.39 is 15.8 Å². The van der Waals surface area contributed by atoms with Crippen molar-refractivity contribution in [2.45, 2.75) is 17.1 Å². The molecule has 0 fully saturated rings. The first-order valence-corrected chi connectivity index (χ1v) is 7.56. The van der Waals surface area contributed by atoms with Crippen molar-refractivity contribution < 1.29 is 18.3 Å². The van der Waals surface area contributed by atoms with E-state index in [1.807, 2.05) is 0 Å². The summed E-state index contributed by atoms with van der Waals surface area (Å²) in [4.78, 5) is 14.7. The fraction of sp³-hybridized carbons (Fsp3) is 0.143. The standard InChI is InChI=1S/C14H13NO4S/c16-14(17)9-11-4-6-13(7-5-11)20(18,19)10-12-3-1-2-8-15-12/h1-8H,9-10H2,(H,16,17). The zero-order valence-electron chi connectivity index (χ0n) is 10.6. The Morgan fingerprint density at radius 2 is 1.80 bits per heavy atom. The summed E-state index contributed by atoms with van der Waals surface area (Å²) in [5, 5.41) is 8.66. The molecule has 0 bridgehead atoms. The quantitative estimate of drug-likeness (QED) is 0.906. The van der Waals surface area contributed by atoms with E-state index in [0.717, 1.165) is 0 Å². The van der Waals surface area contributed by atoms with Gasteiger partial charge in [0.25, 0.3) is 0 Å². The second-order valence-corrected chi connectivity index (χ2v) is 6.28. The van der Waals surface area contributed by atoms with Crippen molar-refractivity contribution in [1.29, 1.82) is 0 Å². The van der Waals surface area contributed by atoms with E-state index in [4.69, 9.17) is 5.11 Å². The van der Waals surface area contributed by atoms with Crippen molar-refractivity contribution in [1.82, 2.24) is 4.98 Å². The highest BCUT2D eigenvalue weighted by Gasteiger charge is 2.16. The Labute approximate surface area is 116 Å². The normalized spacial score (nSPS) is 11.2. The summed E-state index contributed by atoms with van der Waals surface area (Å²) in [5.41, 5.74) is 1.04. The molecule has 0 unspecified atom stereocenters. The Morgan fingerprint density at radius 1 is 1.10 bits per heavy atom. The molecule has 0 saturated carbocycles. The van der Waals surface area contributed by atoms with Gasteiger partial charge < -0.3 is 5.11 Å². The van der Waals surface area contributed by atoms with Gasteiger partial charge in [-0.2, -0.15) is 0 Å². The van der Waals surface area contributed by atoms with Crippen LogP contribution in [-0.4, -0.2) is 24.5 Å². The van der Waals surface area contributed by atoms with Gasteiger partial charge in [-0.25, -0.2) is 8.42 Å². The summed E-state index contributed by atoms with van der Waals surface area (Å²) in [6, 6.07) is 11.0. The van der Waals surface area contributed by atoms with Crippen molar-refractivity contribution in [3.8, 4) is 0 Å². The largest absolute Gasteiger partial charge is 0.481 e. The first-order chi connectivity index (χ1) is 9.47. The molecule has 5 nitrogen and oxygen atoms in total. The van der Waals surface area contributed by atoms with E-state index in [-0.39, 0.29) is 17.1 Å². The molecule has 0 aliphatic rings. The average Bonchev–Trinajstić information content (AvgIpc) is 2.39. The molecule has 6 heteroatoms. The first kappa shape index (κ1) is 14.2. The SMILES string of the molecule is O=C(O)Cc1ccc(S(=O)(=O)Cc2ccccn2)cc1. The van der Waals surface area contributed by atoms with Gasteiger partial charge in [0.1, 0.15) is 0 Å². The fourth-order valence-electron chi connectivity index (χ4n) is 1.75. The van der Waals surface area contributed by atoms with Gasteiger partial charge in [-0.3, -0.25) is 9.78 Å². The molecule has 1 aromatic carbocycles. The monoisotopic (exact) mass is 291 g/mol. The molecule has 0 spiro atoms. The summed E-state index contributed by atoms with van der Waals surface area (Å²) in [6.45, 7) is 0. The minimum atomic E-state index is -3.47. The molecule has 1 aromatic heterocycles.